The molecule has 0 fully saturated rings. The minimum Gasteiger partial charge on any atom is -0.207 e. The monoisotopic (exact) mass is 327 g/mol. The van der Waals surface area contributed by atoms with Crippen LogP contribution in [0.1, 0.15) is 17.5 Å². The molecule has 2 aromatic carbocycles. The zero-order valence-electron chi connectivity index (χ0n) is 13.2. The van der Waals surface area contributed by atoms with E-state index in [1.165, 1.54) is 0 Å². The molecule has 0 bridgehead atoms. The lowest BCUT2D eigenvalue weighted by atomic mass is 10.0. The van der Waals surface area contributed by atoms with Gasteiger partial charge in [-0.05, 0) is 43.5 Å². The van der Waals surface area contributed by atoms with Crippen molar-refractivity contribution < 1.29 is 8.42 Å². The second-order valence-corrected chi connectivity index (χ2v) is 7.18. The van der Waals surface area contributed by atoms with Gasteiger partial charge in [-0.2, -0.15) is 0 Å². The predicted molar refractivity (Wildman–Crippen MR) is 93.8 cm³/mol. The molecule has 1 N–H and O–H groups in total. The Balaban J connectivity index is 2.19. The topological polar surface area (TPSA) is 46.2 Å². The Hall–Kier alpha value is -2.13. The first kappa shape index (κ1) is 17.2. The summed E-state index contributed by atoms with van der Waals surface area (Å²) in [5, 5.41) is 0. The molecular weight excluding hydrogens is 306 g/mol. The lowest BCUT2D eigenvalue weighted by molar-refractivity contribution is 0.547. The van der Waals surface area contributed by atoms with Gasteiger partial charge in [0.15, 0.2) is 0 Å². The van der Waals surface area contributed by atoms with Crippen molar-refractivity contribution in [2.24, 2.45) is 0 Å². The number of sulfonamides is 1. The van der Waals surface area contributed by atoms with E-state index in [1.807, 2.05) is 37.3 Å². The second kappa shape index (κ2) is 7.93. The quantitative estimate of drug-likeness (QED) is 0.790. The number of hydrogen-bond acceptors (Lipinski definition) is 2. The van der Waals surface area contributed by atoms with Crippen molar-refractivity contribution in [3.8, 4) is 0 Å². The first-order valence-corrected chi connectivity index (χ1v) is 8.97. The number of rotatable bonds is 7. The van der Waals surface area contributed by atoms with Crippen LogP contribution in [-0.2, 0) is 16.4 Å². The highest BCUT2D eigenvalue weighted by Gasteiger charge is 2.19. The minimum absolute atomic E-state index is 0.238. The Bertz CT molecular complexity index is 774. The Kier molecular flexibility index (Phi) is 5.94. The van der Waals surface area contributed by atoms with E-state index < -0.39 is 10.0 Å². The Morgan fingerprint density at radius 3 is 2.39 bits per heavy atom. The van der Waals surface area contributed by atoms with Crippen LogP contribution >= 0.6 is 0 Å². The molecule has 2 aromatic rings. The molecule has 4 heteroatoms. The molecule has 120 valence electrons. The number of aryl methyl sites for hydroxylation is 1. The lowest BCUT2D eigenvalue weighted by Crippen LogP contribution is -2.36. The molecule has 23 heavy (non-hydrogen) atoms. The molecule has 0 aliphatic heterocycles. The van der Waals surface area contributed by atoms with Crippen LogP contribution in [0.4, 0.5) is 0 Å². The van der Waals surface area contributed by atoms with E-state index in [1.54, 1.807) is 30.3 Å². The average Bonchev–Trinajstić information content (AvgIpc) is 2.54. The third kappa shape index (κ3) is 5.22. The zero-order chi connectivity index (χ0) is 16.7. The maximum atomic E-state index is 12.5. The van der Waals surface area contributed by atoms with Gasteiger partial charge in [0.2, 0.25) is 10.0 Å². The van der Waals surface area contributed by atoms with Crippen molar-refractivity contribution >= 4 is 10.0 Å². The molecule has 0 radical (unpaired) electrons. The van der Waals surface area contributed by atoms with Gasteiger partial charge in [-0.3, -0.25) is 0 Å². The van der Waals surface area contributed by atoms with Crippen LogP contribution < -0.4 is 4.72 Å². The predicted octanol–water partition coefficient (Wildman–Crippen LogP) is 3.62. The van der Waals surface area contributed by atoms with Gasteiger partial charge in [0.25, 0.3) is 0 Å². The molecule has 0 aliphatic rings. The normalized spacial score (nSPS) is 12.4. The third-order valence-corrected chi connectivity index (χ3v) is 5.06. The second-order valence-electron chi connectivity index (χ2n) is 5.46. The summed E-state index contributed by atoms with van der Waals surface area (Å²) in [7, 11) is -3.54. The summed E-state index contributed by atoms with van der Waals surface area (Å²) in [6, 6.07) is 16.4. The molecule has 0 amide bonds. The largest absolute Gasteiger partial charge is 0.240 e. The fraction of sp³-hybridized carbons (Fsp3) is 0.211. The number of hydrogen-bond donors (Lipinski definition) is 1. The number of benzene rings is 2. The van der Waals surface area contributed by atoms with E-state index in [0.29, 0.717) is 12.8 Å². The third-order valence-electron chi connectivity index (χ3n) is 3.52. The first-order chi connectivity index (χ1) is 11.0. The zero-order valence-corrected chi connectivity index (χ0v) is 14.0. The standard InChI is InChI=1S/C19H21NO2S/c1-3-4-10-18(15-17-8-6-5-7-9-17)20-23(21,22)19-13-11-16(2)12-14-19/h4-9,11-14,18,20H,1,10,15H2,2H3/t18-/m1/s1. The first-order valence-electron chi connectivity index (χ1n) is 7.48. The Labute approximate surface area is 138 Å². The molecule has 0 unspecified atom stereocenters. The van der Waals surface area contributed by atoms with Gasteiger partial charge in [0.1, 0.15) is 0 Å². The van der Waals surface area contributed by atoms with Gasteiger partial charge in [0.05, 0.1) is 4.90 Å². The van der Waals surface area contributed by atoms with Gasteiger partial charge >= 0.3 is 0 Å². The highest BCUT2D eigenvalue weighted by Crippen LogP contribution is 2.13. The summed E-state index contributed by atoms with van der Waals surface area (Å²) in [4.78, 5) is 0.281. The summed E-state index contributed by atoms with van der Waals surface area (Å²) in [6.07, 6.45) is 2.92. The van der Waals surface area contributed by atoms with Crippen LogP contribution in [0.2, 0.25) is 0 Å². The fourth-order valence-electron chi connectivity index (χ4n) is 2.30. The van der Waals surface area contributed by atoms with Crippen molar-refractivity contribution in [3.05, 3.63) is 84.1 Å². The van der Waals surface area contributed by atoms with Gasteiger partial charge < -0.3 is 0 Å². The van der Waals surface area contributed by atoms with Crippen molar-refractivity contribution in [2.75, 3.05) is 0 Å². The summed E-state index contributed by atoms with van der Waals surface area (Å²) >= 11 is 0. The van der Waals surface area contributed by atoms with Crippen LogP contribution in [0.5, 0.6) is 0 Å². The summed E-state index contributed by atoms with van der Waals surface area (Å²) in [5.74, 6) is 0. The van der Waals surface area contributed by atoms with Gasteiger partial charge in [0, 0.05) is 6.04 Å². The molecular formula is C19H21NO2S. The molecule has 0 heterocycles. The summed E-state index contributed by atoms with van der Waals surface area (Å²) in [5.41, 5.74) is 4.82. The van der Waals surface area contributed by atoms with Crippen molar-refractivity contribution in [2.45, 2.75) is 30.7 Å². The molecule has 2 rings (SSSR count). The van der Waals surface area contributed by atoms with E-state index in [0.717, 1.165) is 11.1 Å². The number of nitrogens with one attached hydrogen (secondary N) is 1. The average molecular weight is 327 g/mol. The Morgan fingerprint density at radius 1 is 1.13 bits per heavy atom. The maximum absolute atomic E-state index is 12.5. The van der Waals surface area contributed by atoms with E-state index in [4.69, 9.17) is 0 Å². The Morgan fingerprint density at radius 2 is 1.78 bits per heavy atom. The van der Waals surface area contributed by atoms with Crippen molar-refractivity contribution in [1.29, 1.82) is 0 Å². The van der Waals surface area contributed by atoms with Crippen molar-refractivity contribution in [3.63, 3.8) is 0 Å². The van der Waals surface area contributed by atoms with Crippen LogP contribution in [0.15, 0.2) is 77.9 Å². The van der Waals surface area contributed by atoms with Gasteiger partial charge in [-0.15, -0.1) is 5.73 Å². The minimum atomic E-state index is -3.54. The fourth-order valence-corrected chi connectivity index (χ4v) is 3.55. The molecule has 0 saturated carbocycles. The van der Waals surface area contributed by atoms with Gasteiger partial charge in [-0.25, -0.2) is 13.1 Å². The molecule has 0 aliphatic carbocycles. The van der Waals surface area contributed by atoms with E-state index in [9.17, 15) is 8.42 Å². The van der Waals surface area contributed by atoms with Crippen LogP contribution in [0.25, 0.3) is 0 Å². The SMILES string of the molecule is C=C=CC[C@H](Cc1ccccc1)NS(=O)(=O)c1ccc(C)cc1. The summed E-state index contributed by atoms with van der Waals surface area (Å²) < 4.78 is 27.9. The molecule has 1 atom stereocenters. The summed E-state index contributed by atoms with van der Waals surface area (Å²) in [6.45, 7) is 5.47. The molecule has 3 nitrogen and oxygen atoms in total. The van der Waals surface area contributed by atoms with Gasteiger partial charge in [-0.1, -0.05) is 54.6 Å². The van der Waals surface area contributed by atoms with Crippen LogP contribution in [0, 0.1) is 6.92 Å². The van der Waals surface area contributed by atoms with E-state index >= 15 is 0 Å². The van der Waals surface area contributed by atoms with Crippen LogP contribution in [0.3, 0.4) is 0 Å². The lowest BCUT2D eigenvalue weighted by Gasteiger charge is -2.17. The molecule has 0 aromatic heterocycles. The smallest absolute Gasteiger partial charge is 0.207 e. The van der Waals surface area contributed by atoms with Crippen molar-refractivity contribution in [1.82, 2.24) is 4.72 Å². The van der Waals surface area contributed by atoms with E-state index in [2.05, 4.69) is 17.0 Å². The van der Waals surface area contributed by atoms with Crippen LogP contribution in [-0.4, -0.2) is 14.5 Å². The highest BCUT2D eigenvalue weighted by molar-refractivity contribution is 7.89. The highest BCUT2D eigenvalue weighted by atomic mass is 32.2. The van der Waals surface area contributed by atoms with E-state index in [-0.39, 0.29) is 10.9 Å². The maximum Gasteiger partial charge on any atom is 0.240 e. The molecule has 0 saturated heterocycles. The molecule has 0 spiro atoms.